The van der Waals surface area contributed by atoms with E-state index in [1.54, 1.807) is 6.20 Å². The van der Waals surface area contributed by atoms with Gasteiger partial charge in [0.2, 0.25) is 11.7 Å². The summed E-state index contributed by atoms with van der Waals surface area (Å²) in [5.74, 6) is 1.13. The van der Waals surface area contributed by atoms with E-state index in [2.05, 4.69) is 53.1 Å². The Morgan fingerprint density at radius 1 is 1.27 bits per heavy atom. The molecule has 0 aliphatic rings. The van der Waals surface area contributed by atoms with Gasteiger partial charge < -0.3 is 4.52 Å². The Bertz CT molecular complexity index is 737. The first-order valence-corrected chi connectivity index (χ1v) is 7.95. The van der Waals surface area contributed by atoms with Gasteiger partial charge in [-0.3, -0.25) is 9.88 Å². The molecule has 6 heteroatoms. The van der Waals surface area contributed by atoms with Gasteiger partial charge in [0.15, 0.2) is 0 Å². The van der Waals surface area contributed by atoms with Crippen molar-refractivity contribution in [3.63, 3.8) is 0 Å². The van der Waals surface area contributed by atoms with Crippen molar-refractivity contribution in [2.45, 2.75) is 26.4 Å². The molecule has 0 unspecified atom stereocenters. The zero-order valence-corrected chi connectivity index (χ0v) is 13.7. The highest BCUT2D eigenvalue weighted by Gasteiger charge is 2.17. The summed E-state index contributed by atoms with van der Waals surface area (Å²) in [6.45, 7) is 4.91. The van der Waals surface area contributed by atoms with Crippen LogP contribution in [0.25, 0.3) is 11.5 Å². The summed E-state index contributed by atoms with van der Waals surface area (Å²) in [6, 6.07) is 10.3. The molecule has 0 saturated carbocycles. The fourth-order valence-electron chi connectivity index (χ4n) is 2.16. The van der Waals surface area contributed by atoms with Gasteiger partial charge >= 0.3 is 0 Å². The van der Waals surface area contributed by atoms with Gasteiger partial charge in [-0.25, -0.2) is 0 Å². The number of hydrogen-bond donors (Lipinski definition) is 0. The average Bonchev–Trinajstić information content (AvgIpc) is 3.16. The molecule has 1 atom stereocenters. The number of aromatic nitrogens is 3. The number of rotatable bonds is 5. The topological polar surface area (TPSA) is 55.1 Å². The first-order chi connectivity index (χ1) is 10.6. The molecule has 3 heterocycles. The summed E-state index contributed by atoms with van der Waals surface area (Å²) in [7, 11) is 2.06. The predicted molar refractivity (Wildman–Crippen MR) is 86.5 cm³/mol. The fraction of sp³-hybridized carbons (Fsp3) is 0.312. The monoisotopic (exact) mass is 314 g/mol. The van der Waals surface area contributed by atoms with E-state index in [1.165, 1.54) is 9.75 Å². The second-order valence-corrected chi connectivity index (χ2v) is 6.59. The lowest BCUT2D eigenvalue weighted by Gasteiger charge is -2.21. The number of nitrogens with zero attached hydrogens (tertiary/aromatic N) is 4. The second kappa shape index (κ2) is 6.37. The van der Waals surface area contributed by atoms with E-state index >= 15 is 0 Å². The SMILES string of the molecule is Cc1ccc([C@H](C)N(C)Cc2nc(-c3ccccn3)no2)s1. The zero-order chi connectivity index (χ0) is 15.5. The minimum atomic E-state index is 0.309. The third kappa shape index (κ3) is 3.23. The van der Waals surface area contributed by atoms with Crippen molar-refractivity contribution in [3.8, 4) is 11.5 Å². The summed E-state index contributed by atoms with van der Waals surface area (Å²) in [6.07, 6.45) is 1.72. The summed E-state index contributed by atoms with van der Waals surface area (Å²) in [5.41, 5.74) is 0.724. The van der Waals surface area contributed by atoms with Gasteiger partial charge in [-0.1, -0.05) is 11.2 Å². The van der Waals surface area contributed by atoms with Gasteiger partial charge in [0, 0.05) is 22.0 Å². The van der Waals surface area contributed by atoms with Gasteiger partial charge in [-0.2, -0.15) is 4.98 Å². The van der Waals surface area contributed by atoms with E-state index in [4.69, 9.17) is 4.52 Å². The lowest BCUT2D eigenvalue weighted by atomic mass is 10.2. The number of aryl methyl sites for hydroxylation is 1. The van der Waals surface area contributed by atoms with Crippen LogP contribution in [0.2, 0.25) is 0 Å². The van der Waals surface area contributed by atoms with Crippen LogP contribution in [0.1, 0.15) is 28.6 Å². The smallest absolute Gasteiger partial charge is 0.241 e. The summed E-state index contributed by atoms with van der Waals surface area (Å²) >= 11 is 1.82. The van der Waals surface area contributed by atoms with Crippen LogP contribution in [-0.2, 0) is 6.54 Å². The van der Waals surface area contributed by atoms with Crippen molar-refractivity contribution in [1.29, 1.82) is 0 Å². The second-order valence-electron chi connectivity index (χ2n) is 5.27. The van der Waals surface area contributed by atoms with Crippen molar-refractivity contribution in [1.82, 2.24) is 20.0 Å². The quantitative estimate of drug-likeness (QED) is 0.719. The Morgan fingerprint density at radius 2 is 2.14 bits per heavy atom. The minimum Gasteiger partial charge on any atom is -0.337 e. The standard InChI is InChI=1S/C16H18N4OS/c1-11-7-8-14(22-11)12(2)20(3)10-15-18-16(19-21-15)13-6-4-5-9-17-13/h4-9,12H,10H2,1-3H3/t12-/m0/s1. The van der Waals surface area contributed by atoms with Crippen LogP contribution in [0.4, 0.5) is 0 Å². The number of thiophene rings is 1. The maximum absolute atomic E-state index is 5.34. The largest absolute Gasteiger partial charge is 0.337 e. The molecule has 0 amide bonds. The summed E-state index contributed by atoms with van der Waals surface area (Å²) in [4.78, 5) is 13.5. The molecule has 22 heavy (non-hydrogen) atoms. The van der Waals surface area contributed by atoms with Gasteiger partial charge in [0.05, 0.1) is 6.54 Å². The lowest BCUT2D eigenvalue weighted by Crippen LogP contribution is -2.21. The average molecular weight is 314 g/mol. The van der Waals surface area contributed by atoms with Crippen molar-refractivity contribution in [2.24, 2.45) is 0 Å². The first kappa shape index (κ1) is 14.9. The molecule has 3 aromatic rings. The molecule has 3 rings (SSSR count). The van der Waals surface area contributed by atoms with E-state index in [0.29, 0.717) is 24.3 Å². The van der Waals surface area contributed by atoms with E-state index in [9.17, 15) is 0 Å². The van der Waals surface area contributed by atoms with Gasteiger partial charge in [0.1, 0.15) is 5.69 Å². The van der Waals surface area contributed by atoms with Crippen LogP contribution in [0.5, 0.6) is 0 Å². The van der Waals surface area contributed by atoms with E-state index in [-0.39, 0.29) is 0 Å². The molecule has 0 aromatic carbocycles. The van der Waals surface area contributed by atoms with Crippen LogP contribution >= 0.6 is 11.3 Å². The third-order valence-electron chi connectivity index (χ3n) is 3.58. The molecule has 0 spiro atoms. The molecule has 0 N–H and O–H groups in total. The Hall–Kier alpha value is -2.05. The molecule has 0 bridgehead atoms. The highest BCUT2D eigenvalue weighted by atomic mass is 32.1. The summed E-state index contributed by atoms with van der Waals surface area (Å²) < 4.78 is 5.34. The van der Waals surface area contributed by atoms with E-state index < -0.39 is 0 Å². The first-order valence-electron chi connectivity index (χ1n) is 7.14. The van der Waals surface area contributed by atoms with E-state index in [1.807, 2.05) is 29.5 Å². The van der Waals surface area contributed by atoms with Crippen LogP contribution in [0.3, 0.4) is 0 Å². The molecule has 0 fully saturated rings. The normalized spacial score (nSPS) is 12.7. The van der Waals surface area contributed by atoms with Crippen molar-refractivity contribution in [3.05, 3.63) is 52.2 Å². The number of pyridine rings is 1. The van der Waals surface area contributed by atoms with Crippen LogP contribution in [0.15, 0.2) is 41.1 Å². The van der Waals surface area contributed by atoms with Crippen LogP contribution < -0.4 is 0 Å². The molecule has 3 aromatic heterocycles. The third-order valence-corrected chi connectivity index (χ3v) is 4.75. The highest BCUT2D eigenvalue weighted by Crippen LogP contribution is 2.27. The molecule has 114 valence electrons. The molecular weight excluding hydrogens is 296 g/mol. The Labute approximate surface area is 133 Å². The maximum Gasteiger partial charge on any atom is 0.241 e. The Kier molecular flexibility index (Phi) is 4.31. The predicted octanol–water partition coefficient (Wildman–Crippen LogP) is 3.69. The van der Waals surface area contributed by atoms with E-state index in [0.717, 1.165) is 5.69 Å². The van der Waals surface area contributed by atoms with Gasteiger partial charge in [-0.05, 0) is 45.2 Å². The fourth-order valence-corrected chi connectivity index (χ4v) is 3.16. The Balaban J connectivity index is 1.69. The molecular formula is C16H18N4OS. The summed E-state index contributed by atoms with van der Waals surface area (Å²) in [5, 5.41) is 4.00. The lowest BCUT2D eigenvalue weighted by molar-refractivity contribution is 0.219. The molecule has 0 aliphatic heterocycles. The molecule has 5 nitrogen and oxygen atoms in total. The van der Waals surface area contributed by atoms with Crippen molar-refractivity contribution >= 4 is 11.3 Å². The highest BCUT2D eigenvalue weighted by molar-refractivity contribution is 7.12. The zero-order valence-electron chi connectivity index (χ0n) is 12.9. The van der Waals surface area contributed by atoms with Gasteiger partial charge in [-0.15, -0.1) is 11.3 Å². The molecule has 0 radical (unpaired) electrons. The number of hydrogen-bond acceptors (Lipinski definition) is 6. The van der Waals surface area contributed by atoms with Crippen molar-refractivity contribution in [2.75, 3.05) is 7.05 Å². The molecule has 0 aliphatic carbocycles. The molecule has 0 saturated heterocycles. The Morgan fingerprint density at radius 3 is 2.82 bits per heavy atom. The van der Waals surface area contributed by atoms with Gasteiger partial charge in [0.25, 0.3) is 0 Å². The van der Waals surface area contributed by atoms with Crippen LogP contribution in [0, 0.1) is 6.92 Å². The van der Waals surface area contributed by atoms with Crippen LogP contribution in [-0.4, -0.2) is 27.1 Å². The van der Waals surface area contributed by atoms with Crippen molar-refractivity contribution < 1.29 is 4.52 Å². The maximum atomic E-state index is 5.34. The minimum absolute atomic E-state index is 0.309.